The summed E-state index contributed by atoms with van der Waals surface area (Å²) in [6, 6.07) is 10.9. The van der Waals surface area contributed by atoms with Gasteiger partial charge in [0.15, 0.2) is 5.78 Å². The van der Waals surface area contributed by atoms with E-state index in [-0.39, 0.29) is 17.4 Å². The molecular weight excluding hydrogens is 394 g/mol. The summed E-state index contributed by atoms with van der Waals surface area (Å²) in [4.78, 5) is 25.7. The molecule has 1 N–H and O–H groups in total. The van der Waals surface area contributed by atoms with Crippen molar-refractivity contribution >= 4 is 40.5 Å². The van der Waals surface area contributed by atoms with Crippen molar-refractivity contribution in [2.75, 3.05) is 11.1 Å². The van der Waals surface area contributed by atoms with Crippen molar-refractivity contribution < 1.29 is 9.59 Å². The summed E-state index contributed by atoms with van der Waals surface area (Å²) in [6.07, 6.45) is 0. The Balaban J connectivity index is 1.57. The molecule has 3 aromatic rings. The molecule has 2 aromatic heterocycles. The zero-order chi connectivity index (χ0) is 20.1. The number of hydrogen-bond donors (Lipinski definition) is 1. The van der Waals surface area contributed by atoms with Crippen LogP contribution in [0.1, 0.15) is 36.0 Å². The normalized spacial score (nSPS) is 11.4. The third-order valence-electron chi connectivity index (χ3n) is 3.86. The minimum absolute atomic E-state index is 0.0237. The molecule has 9 heteroatoms. The molecule has 0 fully saturated rings. The van der Waals surface area contributed by atoms with Gasteiger partial charge in [0.1, 0.15) is 0 Å². The van der Waals surface area contributed by atoms with E-state index in [1.165, 1.54) is 11.8 Å². The number of ketones is 1. The van der Waals surface area contributed by atoms with E-state index in [2.05, 4.69) is 20.8 Å². The zero-order valence-corrected chi connectivity index (χ0v) is 17.5. The molecule has 1 amide bonds. The van der Waals surface area contributed by atoms with Crippen molar-refractivity contribution in [3.8, 4) is 0 Å². The van der Waals surface area contributed by atoms with Crippen molar-refractivity contribution in [1.29, 1.82) is 0 Å². The average Bonchev–Trinajstić information content (AvgIpc) is 3.32. The van der Waals surface area contributed by atoms with Gasteiger partial charge in [-0.25, -0.2) is 4.68 Å². The second kappa shape index (κ2) is 8.66. The highest BCUT2D eigenvalue weighted by Crippen LogP contribution is 2.20. The Hall–Kier alpha value is -2.52. The van der Waals surface area contributed by atoms with Gasteiger partial charge in [-0.3, -0.25) is 9.59 Å². The van der Waals surface area contributed by atoms with Gasteiger partial charge in [-0.05, 0) is 46.1 Å². The van der Waals surface area contributed by atoms with Crippen molar-refractivity contribution in [3.63, 3.8) is 0 Å². The largest absolute Gasteiger partial charge is 0.326 e. The number of benzene rings is 1. The lowest BCUT2D eigenvalue weighted by Crippen LogP contribution is -2.27. The fraction of sp³-hybridized carbons (Fsp3) is 0.316. The first-order valence-corrected chi connectivity index (χ1v) is 10.6. The summed E-state index contributed by atoms with van der Waals surface area (Å²) < 4.78 is 1.69. The Bertz CT molecular complexity index is 944. The van der Waals surface area contributed by atoms with Crippen molar-refractivity contribution in [1.82, 2.24) is 20.2 Å². The molecule has 0 aliphatic heterocycles. The summed E-state index contributed by atoms with van der Waals surface area (Å²) in [5, 5.41) is 17.2. The van der Waals surface area contributed by atoms with Gasteiger partial charge in [0.25, 0.3) is 0 Å². The fourth-order valence-electron chi connectivity index (χ4n) is 2.22. The number of amides is 1. The highest BCUT2D eigenvalue weighted by molar-refractivity contribution is 7.99. The molecule has 0 atom stereocenters. The number of nitrogens with zero attached hydrogens (tertiary/aromatic N) is 4. The zero-order valence-electron chi connectivity index (χ0n) is 15.9. The number of carbonyl (C=O) groups excluding carboxylic acids is 2. The number of thiophene rings is 1. The lowest BCUT2D eigenvalue weighted by atomic mass is 9.95. The Kier molecular flexibility index (Phi) is 6.25. The van der Waals surface area contributed by atoms with E-state index >= 15 is 0 Å². The third-order valence-corrected chi connectivity index (χ3v) is 5.68. The minimum atomic E-state index is -0.474. The van der Waals surface area contributed by atoms with Gasteiger partial charge in [0.05, 0.1) is 12.3 Å². The van der Waals surface area contributed by atoms with Gasteiger partial charge >= 0.3 is 0 Å². The number of rotatable bonds is 7. The molecule has 2 heterocycles. The van der Waals surface area contributed by atoms with Gasteiger partial charge in [-0.2, -0.15) is 0 Å². The number of carbonyl (C=O) groups is 2. The summed E-state index contributed by atoms with van der Waals surface area (Å²) in [7, 11) is 0. The molecule has 28 heavy (non-hydrogen) atoms. The Morgan fingerprint density at radius 1 is 1.18 bits per heavy atom. The average molecular weight is 416 g/mol. The number of nitrogens with one attached hydrogen (secondary N) is 1. The molecular formula is C19H21N5O2S2. The summed E-state index contributed by atoms with van der Waals surface area (Å²) in [5.74, 6) is 0.141. The minimum Gasteiger partial charge on any atom is -0.326 e. The van der Waals surface area contributed by atoms with Gasteiger partial charge in [-0.1, -0.05) is 38.6 Å². The lowest BCUT2D eigenvalue weighted by Gasteiger charge is -2.17. The third kappa shape index (κ3) is 5.26. The summed E-state index contributed by atoms with van der Waals surface area (Å²) in [6.45, 7) is 6.14. The van der Waals surface area contributed by atoms with Crippen LogP contribution in [0.4, 0.5) is 5.69 Å². The molecule has 7 nitrogen and oxygen atoms in total. The van der Waals surface area contributed by atoms with E-state index in [1.807, 2.05) is 38.3 Å². The second-order valence-electron chi connectivity index (χ2n) is 7.19. The number of aromatic nitrogens is 4. The number of tetrazole rings is 1. The first kappa shape index (κ1) is 20.2. The van der Waals surface area contributed by atoms with Crippen molar-refractivity contribution in [3.05, 3.63) is 52.2 Å². The highest BCUT2D eigenvalue weighted by Gasteiger charge is 2.21. The number of anilines is 1. The maximum Gasteiger partial charge on any atom is 0.229 e. The van der Waals surface area contributed by atoms with Crippen molar-refractivity contribution in [2.24, 2.45) is 5.41 Å². The maximum atomic E-state index is 12.5. The smallest absolute Gasteiger partial charge is 0.229 e. The quantitative estimate of drug-likeness (QED) is 0.467. The monoisotopic (exact) mass is 415 g/mol. The molecule has 0 radical (unpaired) electrons. The molecule has 0 aliphatic carbocycles. The Morgan fingerprint density at radius 3 is 2.57 bits per heavy atom. The van der Waals surface area contributed by atoms with Crippen LogP contribution >= 0.6 is 23.1 Å². The molecule has 0 aliphatic rings. The van der Waals surface area contributed by atoms with Gasteiger partial charge < -0.3 is 5.32 Å². The van der Waals surface area contributed by atoms with Crippen LogP contribution in [0.2, 0.25) is 0 Å². The van der Waals surface area contributed by atoms with Gasteiger partial charge in [0.2, 0.25) is 11.1 Å². The van der Waals surface area contributed by atoms with E-state index < -0.39 is 5.41 Å². The number of hydrogen-bond acceptors (Lipinski definition) is 7. The van der Waals surface area contributed by atoms with E-state index in [0.717, 1.165) is 4.88 Å². The molecule has 0 saturated carbocycles. The predicted molar refractivity (Wildman–Crippen MR) is 111 cm³/mol. The Morgan fingerprint density at radius 2 is 1.93 bits per heavy atom. The fourth-order valence-corrected chi connectivity index (χ4v) is 3.68. The summed E-state index contributed by atoms with van der Waals surface area (Å²) >= 11 is 2.94. The van der Waals surface area contributed by atoms with Crippen molar-refractivity contribution in [2.45, 2.75) is 32.5 Å². The molecule has 0 unspecified atom stereocenters. The van der Waals surface area contributed by atoms with Gasteiger partial charge in [-0.15, -0.1) is 16.4 Å². The van der Waals surface area contributed by atoms with E-state index in [9.17, 15) is 9.59 Å². The van der Waals surface area contributed by atoms with Crippen LogP contribution < -0.4 is 5.32 Å². The van der Waals surface area contributed by atoms with Crippen LogP contribution in [0.5, 0.6) is 0 Å². The van der Waals surface area contributed by atoms with Crippen LogP contribution in [0.3, 0.4) is 0 Å². The summed E-state index contributed by atoms with van der Waals surface area (Å²) in [5.41, 5.74) is 0.778. The number of thioether (sulfide) groups is 1. The van der Waals surface area contributed by atoms with Gasteiger partial charge in [0, 0.05) is 21.5 Å². The molecule has 0 bridgehead atoms. The van der Waals surface area contributed by atoms with E-state index in [1.54, 1.807) is 40.3 Å². The van der Waals surface area contributed by atoms with Crippen LogP contribution in [-0.2, 0) is 11.3 Å². The number of Topliss-reactive ketones (excluding diaryl/α,β-unsaturated/α-hetero) is 1. The lowest BCUT2D eigenvalue weighted by molar-refractivity contribution is -0.123. The molecule has 0 saturated heterocycles. The van der Waals surface area contributed by atoms with Crippen LogP contribution in [0, 0.1) is 5.41 Å². The topological polar surface area (TPSA) is 89.8 Å². The van der Waals surface area contributed by atoms with E-state index in [0.29, 0.717) is 23.0 Å². The van der Waals surface area contributed by atoms with Crippen LogP contribution in [0.15, 0.2) is 46.9 Å². The molecule has 146 valence electrons. The van der Waals surface area contributed by atoms with E-state index in [4.69, 9.17) is 0 Å². The SMILES string of the molecule is CC(C)(C)C(=O)Nc1ccc(C(=O)CSc2nnnn2Cc2cccs2)cc1. The predicted octanol–water partition coefficient (Wildman–Crippen LogP) is 3.74. The maximum absolute atomic E-state index is 12.5. The molecule has 0 spiro atoms. The van der Waals surface area contributed by atoms with Crippen LogP contribution in [-0.4, -0.2) is 37.7 Å². The highest BCUT2D eigenvalue weighted by atomic mass is 32.2. The Labute approximate surface area is 171 Å². The first-order valence-electron chi connectivity index (χ1n) is 8.69. The second-order valence-corrected chi connectivity index (χ2v) is 9.17. The van der Waals surface area contributed by atoms with Crippen LogP contribution in [0.25, 0.3) is 0 Å². The standard InChI is InChI=1S/C19H21N5O2S2/c1-19(2,3)17(26)20-14-8-6-13(7-9-14)16(25)12-28-18-21-22-23-24(18)11-15-5-4-10-27-15/h4-10H,11-12H2,1-3H3,(H,20,26). The molecule has 1 aromatic carbocycles. The molecule has 3 rings (SSSR count). The first-order chi connectivity index (χ1) is 13.3.